The lowest BCUT2D eigenvalue weighted by atomic mass is 9.67. The number of nitrogens with zero attached hydrogens (tertiary/aromatic N) is 2. The third-order valence-corrected chi connectivity index (χ3v) is 12.5. The van der Waals surface area contributed by atoms with Gasteiger partial charge in [0.15, 0.2) is 34.6 Å². The number of carbonyl (C=O) groups is 2. The normalized spacial score (nSPS) is 16.7. The van der Waals surface area contributed by atoms with Crippen LogP contribution in [-0.4, -0.2) is 63.0 Å². The van der Waals surface area contributed by atoms with Gasteiger partial charge in [-0.25, -0.2) is 0 Å². The van der Waals surface area contributed by atoms with E-state index in [9.17, 15) is 35.1 Å². The molecule has 1 aliphatic heterocycles. The van der Waals surface area contributed by atoms with Gasteiger partial charge in [0, 0.05) is 30.4 Å². The van der Waals surface area contributed by atoms with Crippen molar-refractivity contribution in [1.29, 1.82) is 0 Å². The van der Waals surface area contributed by atoms with Gasteiger partial charge in [0.25, 0.3) is 11.8 Å². The molecule has 2 aliphatic rings. The number of methoxy groups -OCH3 is 3. The SMILES string of the molecule is COc1ccc(N(CCc2ccc(C(F)(F)F)cc2)C(=O)C(N)(c2ccccc2)C(N)(C(=O)N(CCc2ccc(C(F)(F)F)cc2)C2=COC=C(C3=CC=CC(F)(F)C3(F)F)O2)c2ccccc2OC)cc1OC. The Labute approximate surface area is 417 Å². The zero-order valence-corrected chi connectivity index (χ0v) is 39.4. The van der Waals surface area contributed by atoms with E-state index >= 15 is 18.4 Å². The topological polar surface area (TPSA) is 139 Å². The van der Waals surface area contributed by atoms with Crippen molar-refractivity contribution in [3.05, 3.63) is 203 Å². The summed E-state index contributed by atoms with van der Waals surface area (Å²) >= 11 is 0. The molecule has 11 nitrogen and oxygen atoms in total. The van der Waals surface area contributed by atoms with Gasteiger partial charge in [-0.05, 0) is 84.1 Å². The lowest BCUT2D eigenvalue weighted by Gasteiger charge is -2.48. The Kier molecular flexibility index (Phi) is 15.3. The van der Waals surface area contributed by atoms with Crippen LogP contribution in [-0.2, 0) is 55.3 Å². The molecule has 4 N–H and O–H groups in total. The molecule has 5 aromatic carbocycles. The van der Waals surface area contributed by atoms with E-state index in [4.69, 9.17) is 35.2 Å². The molecule has 390 valence electrons. The summed E-state index contributed by atoms with van der Waals surface area (Å²) in [4.78, 5) is 34.5. The number of para-hydroxylation sites is 1. The van der Waals surface area contributed by atoms with Gasteiger partial charge in [-0.3, -0.25) is 14.5 Å². The van der Waals surface area contributed by atoms with Crippen molar-refractivity contribution < 1.29 is 77.2 Å². The Hall–Kier alpha value is -7.78. The van der Waals surface area contributed by atoms with Gasteiger partial charge in [0.2, 0.25) is 5.88 Å². The minimum Gasteiger partial charge on any atom is -0.496 e. The second-order valence-corrected chi connectivity index (χ2v) is 16.8. The van der Waals surface area contributed by atoms with Gasteiger partial charge in [-0.1, -0.05) is 78.9 Å². The number of hydrogen-bond donors (Lipinski definition) is 2. The number of ether oxygens (including phenoxy) is 5. The summed E-state index contributed by atoms with van der Waals surface area (Å²) in [7, 11) is 3.89. The average Bonchev–Trinajstić information content (AvgIpc) is 3.39. The first-order chi connectivity index (χ1) is 34.9. The van der Waals surface area contributed by atoms with Crippen molar-refractivity contribution >= 4 is 17.5 Å². The Morgan fingerprint density at radius 3 is 1.68 bits per heavy atom. The zero-order valence-electron chi connectivity index (χ0n) is 39.4. The minimum atomic E-state index is -4.90. The van der Waals surface area contributed by atoms with Crippen molar-refractivity contribution in [2.45, 2.75) is 48.1 Å². The van der Waals surface area contributed by atoms with E-state index in [1.807, 2.05) is 0 Å². The molecule has 0 saturated carbocycles. The van der Waals surface area contributed by atoms with Gasteiger partial charge >= 0.3 is 24.2 Å². The molecule has 2 atom stereocenters. The maximum absolute atomic E-state index is 16.3. The van der Waals surface area contributed by atoms with E-state index in [1.54, 1.807) is 6.07 Å². The second kappa shape index (κ2) is 21.0. The molecule has 0 aromatic heterocycles. The summed E-state index contributed by atoms with van der Waals surface area (Å²) in [5.74, 6) is -13.7. The maximum atomic E-state index is 16.3. The number of hydrogen-bond acceptors (Lipinski definition) is 9. The van der Waals surface area contributed by atoms with E-state index in [0.29, 0.717) is 28.9 Å². The number of anilines is 1. The van der Waals surface area contributed by atoms with E-state index in [0.717, 1.165) is 47.6 Å². The molecule has 1 heterocycles. The first kappa shape index (κ1) is 54.0. The molecule has 74 heavy (non-hydrogen) atoms. The molecule has 0 radical (unpaired) electrons. The number of benzene rings is 5. The molecule has 0 spiro atoms. The van der Waals surface area contributed by atoms with Crippen molar-refractivity contribution in [1.82, 2.24) is 4.90 Å². The van der Waals surface area contributed by atoms with Crippen LogP contribution in [0, 0.1) is 0 Å². The van der Waals surface area contributed by atoms with E-state index in [-0.39, 0.29) is 65.1 Å². The lowest BCUT2D eigenvalue weighted by Crippen LogP contribution is -2.73. The summed E-state index contributed by atoms with van der Waals surface area (Å²) < 4.78 is 170. The van der Waals surface area contributed by atoms with Gasteiger partial charge in [-0.2, -0.15) is 43.9 Å². The van der Waals surface area contributed by atoms with Crippen molar-refractivity contribution in [2.24, 2.45) is 11.5 Å². The highest BCUT2D eigenvalue weighted by molar-refractivity contribution is 6.08. The van der Waals surface area contributed by atoms with E-state index < -0.39 is 82.0 Å². The predicted octanol–water partition coefficient (Wildman–Crippen LogP) is 10.6. The summed E-state index contributed by atoms with van der Waals surface area (Å²) in [5, 5.41) is 0. The lowest BCUT2D eigenvalue weighted by molar-refractivity contribution is -0.157. The smallest absolute Gasteiger partial charge is 0.416 e. The number of rotatable bonds is 17. The molecule has 1 aliphatic carbocycles. The van der Waals surface area contributed by atoms with Crippen molar-refractivity contribution in [3.8, 4) is 17.2 Å². The first-order valence-corrected chi connectivity index (χ1v) is 22.3. The largest absolute Gasteiger partial charge is 0.496 e. The Bertz CT molecular complexity index is 2980. The highest BCUT2D eigenvalue weighted by Gasteiger charge is 2.63. The van der Waals surface area contributed by atoms with Crippen LogP contribution in [0.4, 0.5) is 49.6 Å². The third kappa shape index (κ3) is 10.4. The second-order valence-electron chi connectivity index (χ2n) is 16.8. The number of amides is 2. The fourth-order valence-corrected chi connectivity index (χ4v) is 8.41. The quantitative estimate of drug-likeness (QED) is 0.0872. The van der Waals surface area contributed by atoms with Crippen molar-refractivity contribution in [3.63, 3.8) is 0 Å². The van der Waals surface area contributed by atoms with Crippen LogP contribution in [0.15, 0.2) is 169 Å². The van der Waals surface area contributed by atoms with Crippen molar-refractivity contribution in [2.75, 3.05) is 39.3 Å². The summed E-state index contributed by atoms with van der Waals surface area (Å²) in [6.45, 7) is -1.02. The van der Waals surface area contributed by atoms with E-state index in [1.165, 1.54) is 100 Å². The van der Waals surface area contributed by atoms with E-state index in [2.05, 4.69) is 0 Å². The highest BCUT2D eigenvalue weighted by atomic mass is 19.4. The first-order valence-electron chi connectivity index (χ1n) is 22.3. The maximum Gasteiger partial charge on any atom is 0.416 e. The predicted molar refractivity (Wildman–Crippen MR) is 251 cm³/mol. The van der Waals surface area contributed by atoms with Gasteiger partial charge in [-0.15, -0.1) is 0 Å². The van der Waals surface area contributed by atoms with Crippen LogP contribution in [0.2, 0.25) is 0 Å². The monoisotopic (exact) mass is 1040 g/mol. The Morgan fingerprint density at radius 1 is 0.595 bits per heavy atom. The third-order valence-electron chi connectivity index (χ3n) is 12.5. The summed E-state index contributed by atoms with van der Waals surface area (Å²) in [6.07, 6.45) is -7.28. The molecule has 7 rings (SSSR count). The average molecular weight is 1040 g/mol. The number of nitrogens with two attached hydrogens (primary N) is 2. The fraction of sp³-hybridized carbons (Fsp3) is 0.245. The molecular weight excluding hydrogens is 995 g/mol. The number of halogens is 10. The molecular formula is C53H46F10N4O7. The molecule has 21 heteroatoms. The summed E-state index contributed by atoms with van der Waals surface area (Å²) in [6, 6.07) is 25.1. The van der Waals surface area contributed by atoms with Crippen LogP contribution in [0.3, 0.4) is 0 Å². The standard InChI is InChI=1S/C53H46F10N4O7/c1-70-41-14-8-7-12-39(41)50(65,47(69)67(29-26-34-17-21-37(22-18-34)53(61,62)63)45-32-73-31-44(74-45)40-13-9-27-48(54,55)51(40,56)57)49(64,35-10-5-4-6-11-35)46(68)66(38-23-24-42(71-2)43(30-38)72-3)28-25-33-15-19-36(20-16-33)52(58,59)60/h4-24,27,30-32H,25-26,28-29,64-65H2,1-3H3. The van der Waals surface area contributed by atoms with Crippen LogP contribution in [0.25, 0.3) is 0 Å². The van der Waals surface area contributed by atoms with Crippen LogP contribution >= 0.6 is 0 Å². The molecule has 2 amide bonds. The number of carbonyl (C=O) groups excluding carboxylic acids is 2. The van der Waals surface area contributed by atoms with Gasteiger partial charge in [0.05, 0.1) is 38.0 Å². The number of alkyl halides is 10. The van der Waals surface area contributed by atoms with Gasteiger partial charge < -0.3 is 40.1 Å². The van der Waals surface area contributed by atoms with Crippen LogP contribution in [0.5, 0.6) is 17.2 Å². The molecule has 2 unspecified atom stereocenters. The molecule has 0 bridgehead atoms. The fourth-order valence-electron chi connectivity index (χ4n) is 8.41. The Balaban J connectivity index is 1.44. The molecule has 0 fully saturated rings. The minimum absolute atomic E-state index is 0.0241. The molecule has 5 aromatic rings. The Morgan fingerprint density at radius 2 is 1.12 bits per heavy atom. The summed E-state index contributed by atoms with van der Waals surface area (Å²) in [5.41, 5.74) is 6.23. The van der Waals surface area contributed by atoms with Crippen LogP contribution in [0.1, 0.15) is 33.4 Å². The van der Waals surface area contributed by atoms with Gasteiger partial charge in [0.1, 0.15) is 12.0 Å². The molecule has 0 saturated heterocycles. The number of allylic oxidation sites excluding steroid dienone is 4. The zero-order chi connectivity index (χ0) is 53.9. The highest BCUT2D eigenvalue weighted by Crippen LogP contribution is 2.49. The van der Waals surface area contributed by atoms with Crippen LogP contribution < -0.4 is 30.6 Å².